The molecule has 0 spiro atoms. The summed E-state index contributed by atoms with van der Waals surface area (Å²) in [5.74, 6) is 0.800. The van der Waals surface area contributed by atoms with E-state index in [4.69, 9.17) is 4.74 Å². The highest BCUT2D eigenvalue weighted by molar-refractivity contribution is 5.89. The summed E-state index contributed by atoms with van der Waals surface area (Å²) in [5, 5.41) is 8.63. The number of hydrogen-bond acceptors (Lipinski definition) is 3. The van der Waals surface area contributed by atoms with Crippen molar-refractivity contribution < 1.29 is 9.53 Å². The van der Waals surface area contributed by atoms with Gasteiger partial charge < -0.3 is 15.4 Å². The molecular weight excluding hydrogens is 384 g/mol. The van der Waals surface area contributed by atoms with Crippen LogP contribution in [0, 0.1) is 6.92 Å². The molecule has 4 rings (SSSR count). The number of rotatable bonds is 7. The van der Waals surface area contributed by atoms with Gasteiger partial charge in [-0.2, -0.15) is 0 Å². The van der Waals surface area contributed by atoms with Crippen LogP contribution in [-0.4, -0.2) is 5.91 Å². The van der Waals surface area contributed by atoms with E-state index in [9.17, 15) is 4.79 Å². The highest BCUT2D eigenvalue weighted by atomic mass is 16.5. The molecule has 0 aromatic heterocycles. The van der Waals surface area contributed by atoms with Gasteiger partial charge in [0.05, 0.1) is 0 Å². The van der Waals surface area contributed by atoms with Crippen LogP contribution in [0.15, 0.2) is 84.9 Å². The molecule has 0 fully saturated rings. The smallest absolute Gasteiger partial charge is 0.221 e. The van der Waals surface area contributed by atoms with Crippen LogP contribution in [-0.2, 0) is 17.9 Å². The highest BCUT2D eigenvalue weighted by Crippen LogP contribution is 2.30. The minimum atomic E-state index is -0.0770. The number of aryl methyl sites for hydroxylation is 1. The molecule has 4 heteroatoms. The van der Waals surface area contributed by atoms with E-state index in [-0.39, 0.29) is 5.91 Å². The van der Waals surface area contributed by atoms with Crippen LogP contribution in [0.1, 0.15) is 23.6 Å². The molecule has 0 radical (unpaired) electrons. The molecule has 31 heavy (non-hydrogen) atoms. The molecule has 156 valence electrons. The normalized spacial score (nSPS) is 10.6. The van der Waals surface area contributed by atoms with Crippen molar-refractivity contribution in [1.29, 1.82) is 0 Å². The summed E-state index contributed by atoms with van der Waals surface area (Å²) >= 11 is 0. The van der Waals surface area contributed by atoms with Gasteiger partial charge in [-0.25, -0.2) is 0 Å². The third-order valence-corrected chi connectivity index (χ3v) is 5.15. The molecule has 4 aromatic carbocycles. The third kappa shape index (κ3) is 5.23. The molecule has 0 aliphatic rings. The van der Waals surface area contributed by atoms with E-state index in [1.807, 2.05) is 30.3 Å². The zero-order valence-corrected chi connectivity index (χ0v) is 17.8. The van der Waals surface area contributed by atoms with Crippen molar-refractivity contribution in [2.24, 2.45) is 0 Å². The standard InChI is InChI=1S/C27H26N2O2/c1-19-6-5-7-21(16-19)18-31-27-15-10-22-8-3-4-9-25(22)26(27)17-28-23-11-13-24(14-12-23)29-20(2)30/h3-16,28H,17-18H2,1-2H3,(H,29,30). The van der Waals surface area contributed by atoms with Crippen molar-refractivity contribution in [1.82, 2.24) is 0 Å². The second-order valence-electron chi connectivity index (χ2n) is 7.65. The van der Waals surface area contributed by atoms with Gasteiger partial charge in [0.2, 0.25) is 5.91 Å². The van der Waals surface area contributed by atoms with Gasteiger partial charge >= 0.3 is 0 Å². The van der Waals surface area contributed by atoms with Gasteiger partial charge in [-0.15, -0.1) is 0 Å². The number of ether oxygens (including phenoxy) is 1. The molecule has 0 bridgehead atoms. The lowest BCUT2D eigenvalue weighted by molar-refractivity contribution is -0.114. The topological polar surface area (TPSA) is 50.4 Å². The van der Waals surface area contributed by atoms with Gasteiger partial charge in [-0.05, 0) is 53.6 Å². The lowest BCUT2D eigenvalue weighted by Gasteiger charge is -2.16. The van der Waals surface area contributed by atoms with Gasteiger partial charge in [-0.3, -0.25) is 4.79 Å². The molecular formula is C27H26N2O2. The minimum Gasteiger partial charge on any atom is -0.489 e. The first-order valence-corrected chi connectivity index (χ1v) is 10.4. The van der Waals surface area contributed by atoms with Gasteiger partial charge in [-0.1, -0.05) is 60.2 Å². The van der Waals surface area contributed by atoms with Crippen molar-refractivity contribution in [2.45, 2.75) is 27.0 Å². The first-order valence-electron chi connectivity index (χ1n) is 10.4. The van der Waals surface area contributed by atoms with E-state index >= 15 is 0 Å². The minimum absolute atomic E-state index is 0.0770. The Labute approximate surface area is 182 Å². The molecule has 0 aliphatic heterocycles. The van der Waals surface area contributed by atoms with Crippen LogP contribution in [0.4, 0.5) is 11.4 Å². The Bertz CT molecular complexity index is 1200. The Balaban J connectivity index is 1.55. The molecule has 0 heterocycles. The molecule has 0 unspecified atom stereocenters. The van der Waals surface area contributed by atoms with Crippen molar-refractivity contribution in [3.63, 3.8) is 0 Å². The second-order valence-corrected chi connectivity index (χ2v) is 7.65. The first kappa shape index (κ1) is 20.5. The van der Waals surface area contributed by atoms with Crippen LogP contribution < -0.4 is 15.4 Å². The van der Waals surface area contributed by atoms with E-state index in [2.05, 4.69) is 72.2 Å². The average molecular weight is 411 g/mol. The van der Waals surface area contributed by atoms with E-state index < -0.39 is 0 Å². The number of fused-ring (bicyclic) bond motifs is 1. The molecule has 4 aromatic rings. The van der Waals surface area contributed by atoms with Crippen LogP contribution in [0.2, 0.25) is 0 Å². The maximum Gasteiger partial charge on any atom is 0.221 e. The van der Waals surface area contributed by atoms with Gasteiger partial charge in [0.15, 0.2) is 0 Å². The largest absolute Gasteiger partial charge is 0.489 e. The van der Waals surface area contributed by atoms with Crippen LogP contribution in [0.25, 0.3) is 10.8 Å². The highest BCUT2D eigenvalue weighted by Gasteiger charge is 2.10. The van der Waals surface area contributed by atoms with Crippen LogP contribution >= 0.6 is 0 Å². The third-order valence-electron chi connectivity index (χ3n) is 5.15. The number of nitrogens with one attached hydrogen (secondary N) is 2. The predicted octanol–water partition coefficient (Wildman–Crippen LogP) is 6.30. The Morgan fingerprint density at radius 1 is 0.871 bits per heavy atom. The molecule has 0 atom stereocenters. The summed E-state index contributed by atoms with van der Waals surface area (Å²) < 4.78 is 6.25. The van der Waals surface area contributed by atoms with Crippen LogP contribution in [0.5, 0.6) is 5.75 Å². The van der Waals surface area contributed by atoms with E-state index in [1.165, 1.54) is 23.3 Å². The van der Waals surface area contributed by atoms with Gasteiger partial charge in [0, 0.05) is 30.4 Å². The molecule has 2 N–H and O–H groups in total. The van der Waals surface area contributed by atoms with Crippen molar-refractivity contribution in [3.05, 3.63) is 102 Å². The summed E-state index contributed by atoms with van der Waals surface area (Å²) in [6, 6.07) is 28.6. The Morgan fingerprint density at radius 3 is 2.42 bits per heavy atom. The fraction of sp³-hybridized carbons (Fsp3) is 0.148. The number of carbonyl (C=O) groups is 1. The maximum atomic E-state index is 11.2. The van der Waals surface area contributed by atoms with E-state index in [0.717, 1.165) is 28.3 Å². The summed E-state index contributed by atoms with van der Waals surface area (Å²) in [6.07, 6.45) is 0. The van der Waals surface area contributed by atoms with Crippen molar-refractivity contribution in [2.75, 3.05) is 10.6 Å². The summed E-state index contributed by atoms with van der Waals surface area (Å²) in [7, 11) is 0. The predicted molar refractivity (Wildman–Crippen MR) is 128 cm³/mol. The first-order chi connectivity index (χ1) is 15.1. The van der Waals surface area contributed by atoms with Crippen molar-refractivity contribution >= 4 is 28.1 Å². The quantitative estimate of drug-likeness (QED) is 0.376. The SMILES string of the molecule is CC(=O)Nc1ccc(NCc2c(OCc3cccc(C)c3)ccc3ccccc23)cc1. The van der Waals surface area contributed by atoms with Gasteiger partial charge in [0.1, 0.15) is 12.4 Å². The molecule has 0 saturated heterocycles. The molecule has 1 amide bonds. The lowest BCUT2D eigenvalue weighted by Crippen LogP contribution is -2.06. The summed E-state index contributed by atoms with van der Waals surface area (Å²) in [5.41, 5.74) is 5.26. The number of benzene rings is 4. The van der Waals surface area contributed by atoms with E-state index in [1.54, 1.807) is 0 Å². The van der Waals surface area contributed by atoms with E-state index in [0.29, 0.717) is 13.2 Å². The Kier molecular flexibility index (Phi) is 6.18. The fourth-order valence-corrected chi connectivity index (χ4v) is 3.66. The number of anilines is 2. The zero-order chi connectivity index (χ0) is 21.6. The second kappa shape index (κ2) is 9.35. The number of hydrogen-bond donors (Lipinski definition) is 2. The van der Waals surface area contributed by atoms with Gasteiger partial charge in [0.25, 0.3) is 0 Å². The molecule has 4 nitrogen and oxygen atoms in total. The average Bonchev–Trinajstić information content (AvgIpc) is 2.77. The Hall–Kier alpha value is -3.79. The lowest BCUT2D eigenvalue weighted by atomic mass is 10.0. The Morgan fingerprint density at radius 2 is 1.65 bits per heavy atom. The number of carbonyl (C=O) groups excluding carboxylic acids is 1. The van der Waals surface area contributed by atoms with Crippen LogP contribution in [0.3, 0.4) is 0 Å². The molecule has 0 saturated carbocycles. The maximum absolute atomic E-state index is 11.2. The number of amides is 1. The van der Waals surface area contributed by atoms with Crippen molar-refractivity contribution in [3.8, 4) is 5.75 Å². The zero-order valence-electron chi connectivity index (χ0n) is 17.8. The summed E-state index contributed by atoms with van der Waals surface area (Å²) in [4.78, 5) is 11.2. The molecule has 0 aliphatic carbocycles. The fourth-order valence-electron chi connectivity index (χ4n) is 3.66. The summed E-state index contributed by atoms with van der Waals surface area (Å²) in [6.45, 7) is 4.75. The monoisotopic (exact) mass is 410 g/mol.